The van der Waals surface area contributed by atoms with E-state index in [1.807, 2.05) is 26.0 Å². The van der Waals surface area contributed by atoms with Gasteiger partial charge in [-0.3, -0.25) is 33.9 Å². The van der Waals surface area contributed by atoms with Crippen LogP contribution in [0.15, 0.2) is 53.6 Å². The Bertz CT molecular complexity index is 2340. The van der Waals surface area contributed by atoms with Gasteiger partial charge in [-0.05, 0) is 70.4 Å². The van der Waals surface area contributed by atoms with Gasteiger partial charge in [0.15, 0.2) is 10.9 Å². The maximum Gasteiger partial charge on any atom is 0.263 e. The molecule has 2 fully saturated rings. The number of amides is 3. The Morgan fingerprint density at radius 1 is 0.891 bits per heavy atom. The van der Waals surface area contributed by atoms with E-state index in [1.165, 1.54) is 18.3 Å². The van der Waals surface area contributed by atoms with Crippen molar-refractivity contribution in [2.45, 2.75) is 65.8 Å². The smallest absolute Gasteiger partial charge is 0.263 e. The summed E-state index contributed by atoms with van der Waals surface area (Å²) >= 11 is 1.37. The van der Waals surface area contributed by atoms with Crippen LogP contribution in [-0.2, 0) is 9.59 Å². The van der Waals surface area contributed by atoms with E-state index in [1.54, 1.807) is 53.0 Å². The highest BCUT2D eigenvalue weighted by Gasteiger charge is 2.27. The number of nitrogens with one attached hydrogen (secondary N) is 3. The highest BCUT2D eigenvalue weighted by atomic mass is 32.1. The first-order chi connectivity index (χ1) is 26.5. The molecule has 5 aromatic rings. The number of hydrogen-bond acceptors (Lipinski definition) is 12. The van der Waals surface area contributed by atoms with Gasteiger partial charge in [-0.15, -0.1) is 11.3 Å². The average Bonchev–Trinajstić information content (AvgIpc) is 3.80. The molecule has 1 aliphatic heterocycles. The minimum Gasteiger partial charge on any atom is -0.367 e. The Balaban J connectivity index is 0.946. The van der Waals surface area contributed by atoms with Crippen LogP contribution in [0.3, 0.4) is 0 Å². The molecule has 4 aromatic heterocycles. The number of aromatic nitrogens is 5. The molecule has 284 valence electrons. The van der Waals surface area contributed by atoms with Crippen molar-refractivity contribution in [2.24, 2.45) is 0 Å². The summed E-state index contributed by atoms with van der Waals surface area (Å²) in [5.74, 6) is -0.669. The molecule has 1 aromatic carbocycles. The number of fused-ring (bicyclic) bond motifs is 1. The molecular weight excluding hydrogens is 721 g/mol. The maximum absolute atomic E-state index is 13.5. The summed E-state index contributed by atoms with van der Waals surface area (Å²) in [5.41, 5.74) is 3.27. The predicted molar refractivity (Wildman–Crippen MR) is 212 cm³/mol. The molecule has 16 heteroatoms. The van der Waals surface area contributed by atoms with Crippen molar-refractivity contribution in [3.63, 3.8) is 0 Å². The summed E-state index contributed by atoms with van der Waals surface area (Å²) in [5, 5.41) is 9.82. The van der Waals surface area contributed by atoms with Crippen molar-refractivity contribution in [3.05, 3.63) is 86.4 Å². The predicted octanol–water partition coefficient (Wildman–Crippen LogP) is 5.56. The number of carbonyl (C=O) groups is 4. The number of hydrogen-bond donors (Lipinski definition) is 3. The van der Waals surface area contributed by atoms with E-state index < -0.39 is 11.8 Å². The molecule has 3 amide bonds. The third-order valence-corrected chi connectivity index (χ3v) is 11.2. The average molecular weight is 763 g/mol. The Labute approximate surface area is 321 Å². The van der Waals surface area contributed by atoms with Crippen LogP contribution < -0.4 is 26.4 Å². The number of piperazine rings is 1. The zero-order chi connectivity index (χ0) is 38.8. The van der Waals surface area contributed by atoms with Gasteiger partial charge < -0.3 is 20.4 Å². The number of aryl methyl sites for hydroxylation is 3. The summed E-state index contributed by atoms with van der Waals surface area (Å²) < 4.78 is 1.68. The number of Topliss-reactive ketones (excluding diaryl/α,β-unsaturated/α-hetero) is 1. The third-order valence-electron chi connectivity index (χ3n) is 10.2. The summed E-state index contributed by atoms with van der Waals surface area (Å²) in [6.45, 7) is 8.93. The second kappa shape index (κ2) is 15.8. The topological polar surface area (TPSA) is 184 Å². The summed E-state index contributed by atoms with van der Waals surface area (Å²) in [4.78, 5) is 88.0. The molecule has 0 unspecified atom stereocenters. The molecule has 55 heavy (non-hydrogen) atoms. The maximum atomic E-state index is 13.5. The highest BCUT2D eigenvalue weighted by molar-refractivity contribution is 7.15. The van der Waals surface area contributed by atoms with Crippen molar-refractivity contribution in [1.82, 2.24) is 29.4 Å². The van der Waals surface area contributed by atoms with Crippen LogP contribution in [0.25, 0.3) is 11.0 Å². The van der Waals surface area contributed by atoms with Crippen molar-refractivity contribution in [2.75, 3.05) is 47.0 Å². The number of benzene rings is 1. The van der Waals surface area contributed by atoms with Gasteiger partial charge >= 0.3 is 0 Å². The Morgan fingerprint density at radius 2 is 1.64 bits per heavy atom. The molecule has 0 atom stereocenters. The molecule has 5 heterocycles. The van der Waals surface area contributed by atoms with Crippen LogP contribution in [0, 0.1) is 20.8 Å². The number of carbonyl (C=O) groups excluding carboxylic acids is 4. The number of para-hydroxylation sites is 1. The molecule has 0 bridgehead atoms. The van der Waals surface area contributed by atoms with Gasteiger partial charge in [-0.25, -0.2) is 15.0 Å². The molecule has 1 saturated heterocycles. The second-order valence-corrected chi connectivity index (χ2v) is 15.1. The van der Waals surface area contributed by atoms with Crippen LogP contribution in [0.2, 0.25) is 0 Å². The molecule has 1 aliphatic carbocycles. The monoisotopic (exact) mass is 762 g/mol. The fourth-order valence-corrected chi connectivity index (χ4v) is 8.02. The summed E-state index contributed by atoms with van der Waals surface area (Å²) in [6, 6.07) is 10.4. The summed E-state index contributed by atoms with van der Waals surface area (Å²) in [7, 11) is 0. The van der Waals surface area contributed by atoms with E-state index in [-0.39, 0.29) is 46.8 Å². The van der Waals surface area contributed by atoms with Gasteiger partial charge in [0.2, 0.25) is 17.8 Å². The lowest BCUT2D eigenvalue weighted by Gasteiger charge is -2.36. The largest absolute Gasteiger partial charge is 0.367 e. The molecule has 0 radical (unpaired) electrons. The minimum atomic E-state index is -0.505. The van der Waals surface area contributed by atoms with Gasteiger partial charge in [0.1, 0.15) is 17.9 Å². The number of thiazole rings is 1. The molecular formula is C39H42N10O5S. The SMILES string of the molecule is CC(=O)c1c(C)c2cnc(Nc3ccc(N4CCN(C(=O)CC(=O)Nc5ccccc5C(=O)Nc5nc(C)c(C)s5)CC4)cn3)nc2n(C2CCCC2)c1=O. The Kier molecular flexibility index (Phi) is 10.7. The lowest BCUT2D eigenvalue weighted by atomic mass is 10.0. The number of anilines is 5. The minimum absolute atomic E-state index is 0.0205. The van der Waals surface area contributed by atoms with E-state index in [0.29, 0.717) is 59.4 Å². The number of pyridine rings is 2. The molecule has 1 saturated carbocycles. The number of ketones is 1. The summed E-state index contributed by atoms with van der Waals surface area (Å²) in [6.07, 6.45) is 6.78. The first kappa shape index (κ1) is 37.3. The van der Waals surface area contributed by atoms with Gasteiger partial charge in [-0.1, -0.05) is 25.0 Å². The van der Waals surface area contributed by atoms with Crippen molar-refractivity contribution >= 4 is 74.1 Å². The third kappa shape index (κ3) is 7.94. The lowest BCUT2D eigenvalue weighted by molar-refractivity contribution is -0.134. The van der Waals surface area contributed by atoms with E-state index >= 15 is 0 Å². The zero-order valence-corrected chi connectivity index (χ0v) is 32.0. The van der Waals surface area contributed by atoms with Gasteiger partial charge in [0.25, 0.3) is 11.5 Å². The van der Waals surface area contributed by atoms with E-state index in [9.17, 15) is 24.0 Å². The lowest BCUT2D eigenvalue weighted by Crippen LogP contribution is -2.49. The van der Waals surface area contributed by atoms with Gasteiger partial charge in [-0.2, -0.15) is 4.98 Å². The van der Waals surface area contributed by atoms with Gasteiger partial charge in [0, 0.05) is 48.7 Å². The first-order valence-corrected chi connectivity index (χ1v) is 19.1. The first-order valence-electron chi connectivity index (χ1n) is 18.3. The van der Waals surface area contributed by atoms with Gasteiger partial charge in [0.05, 0.1) is 34.4 Å². The van der Waals surface area contributed by atoms with Crippen LogP contribution in [0.4, 0.5) is 28.3 Å². The number of rotatable bonds is 10. The van der Waals surface area contributed by atoms with Crippen molar-refractivity contribution < 1.29 is 19.2 Å². The Hall–Kier alpha value is -6.03. The molecule has 2 aliphatic rings. The van der Waals surface area contributed by atoms with Crippen LogP contribution >= 0.6 is 11.3 Å². The van der Waals surface area contributed by atoms with Crippen LogP contribution in [0.5, 0.6) is 0 Å². The molecule has 15 nitrogen and oxygen atoms in total. The van der Waals surface area contributed by atoms with Crippen LogP contribution in [0.1, 0.15) is 81.9 Å². The van der Waals surface area contributed by atoms with Crippen molar-refractivity contribution in [1.29, 1.82) is 0 Å². The normalized spacial score (nSPS) is 14.6. The van der Waals surface area contributed by atoms with E-state index in [4.69, 9.17) is 4.98 Å². The fourth-order valence-electron chi connectivity index (χ4n) is 7.21. The molecule has 0 spiro atoms. The van der Waals surface area contributed by atoms with Crippen LogP contribution in [-0.4, -0.2) is 79.1 Å². The Morgan fingerprint density at radius 3 is 2.31 bits per heavy atom. The molecule has 3 N–H and O–H groups in total. The molecule has 7 rings (SSSR count). The van der Waals surface area contributed by atoms with E-state index in [0.717, 1.165) is 41.9 Å². The zero-order valence-electron chi connectivity index (χ0n) is 31.1. The quantitative estimate of drug-likeness (QED) is 0.120. The fraction of sp³-hybridized carbons (Fsp3) is 0.359. The standard InChI is InChI=1S/C39H42N10O5S/c1-22-29-21-41-38(45-35(29)49(26-9-5-6-10-26)37(54)34(22)24(3)50)44-31-14-13-27(20-40-31)47-15-17-48(18-16-47)33(52)19-32(51)43-30-12-8-7-11-28(30)36(53)46-39-42-23(2)25(4)55-39/h7-8,11-14,20-21,26H,5-6,9-10,15-19H2,1-4H3,(H,43,51)(H,42,46,53)(H,40,41,44,45). The second-order valence-electron chi connectivity index (χ2n) is 13.9. The van der Waals surface area contributed by atoms with E-state index in [2.05, 4.69) is 35.8 Å². The number of nitrogens with zero attached hydrogens (tertiary/aromatic N) is 7. The highest BCUT2D eigenvalue weighted by Crippen LogP contribution is 2.32. The van der Waals surface area contributed by atoms with Crippen molar-refractivity contribution in [3.8, 4) is 0 Å².